The highest BCUT2D eigenvalue weighted by molar-refractivity contribution is 6.14. The van der Waals surface area contributed by atoms with Crippen LogP contribution in [0.15, 0.2) is 54.6 Å². The largest absolute Gasteiger partial charge is 0.491 e. The minimum Gasteiger partial charge on any atom is -0.491 e. The van der Waals surface area contributed by atoms with Crippen molar-refractivity contribution in [3.05, 3.63) is 60.2 Å². The third-order valence-corrected chi connectivity index (χ3v) is 4.58. The van der Waals surface area contributed by atoms with Crippen molar-refractivity contribution in [3.63, 3.8) is 0 Å². The summed E-state index contributed by atoms with van der Waals surface area (Å²) in [6.45, 7) is 2.89. The number of para-hydroxylation sites is 1. The van der Waals surface area contributed by atoms with Gasteiger partial charge in [-0.15, -0.1) is 0 Å². The summed E-state index contributed by atoms with van der Waals surface area (Å²) in [6, 6.07) is 14.4. The van der Waals surface area contributed by atoms with Gasteiger partial charge >= 0.3 is 6.03 Å². The first-order valence-corrected chi connectivity index (χ1v) is 9.00. The fourth-order valence-corrected chi connectivity index (χ4v) is 3.06. The Morgan fingerprint density at radius 3 is 2.36 bits per heavy atom. The molecule has 1 fully saturated rings. The number of β-amino-alcohol motifs (C(OH)–C–C–N with tert-alkyl or cyclic N) is 1. The first-order valence-electron chi connectivity index (χ1n) is 9.00. The van der Waals surface area contributed by atoms with Gasteiger partial charge in [-0.05, 0) is 50.2 Å². The summed E-state index contributed by atoms with van der Waals surface area (Å²) < 4.78 is 5.50. The molecule has 2 aromatic rings. The van der Waals surface area contributed by atoms with E-state index in [0.717, 1.165) is 4.90 Å². The van der Waals surface area contributed by atoms with Gasteiger partial charge in [0.2, 0.25) is 0 Å². The SMILES string of the molecule is CC(=O)c1ccc(OCC(O)CN2C(=O)C(C)N(c3ccccc3)C2=O)cc1. The quantitative estimate of drug-likeness (QED) is 0.587. The number of carbonyl (C=O) groups is 3. The number of rotatable bonds is 7. The predicted octanol–water partition coefficient (Wildman–Crippen LogP) is 2.49. The molecule has 1 aliphatic rings. The normalized spacial score (nSPS) is 17.8. The second-order valence-corrected chi connectivity index (χ2v) is 6.66. The third-order valence-electron chi connectivity index (χ3n) is 4.58. The van der Waals surface area contributed by atoms with Gasteiger partial charge in [0.15, 0.2) is 5.78 Å². The molecular formula is C21H22N2O5. The lowest BCUT2D eigenvalue weighted by atomic mass is 10.1. The van der Waals surface area contributed by atoms with E-state index in [1.165, 1.54) is 11.8 Å². The highest BCUT2D eigenvalue weighted by Gasteiger charge is 2.43. The van der Waals surface area contributed by atoms with E-state index in [2.05, 4.69) is 0 Å². The van der Waals surface area contributed by atoms with Gasteiger partial charge in [0.1, 0.15) is 24.5 Å². The van der Waals surface area contributed by atoms with Gasteiger partial charge in [-0.3, -0.25) is 19.4 Å². The molecule has 2 atom stereocenters. The maximum absolute atomic E-state index is 12.7. The van der Waals surface area contributed by atoms with E-state index in [0.29, 0.717) is 17.0 Å². The van der Waals surface area contributed by atoms with Crippen molar-refractivity contribution in [1.82, 2.24) is 4.90 Å². The molecule has 0 saturated carbocycles. The lowest BCUT2D eigenvalue weighted by molar-refractivity contribution is -0.128. The molecule has 2 unspecified atom stereocenters. The number of hydrogen-bond donors (Lipinski definition) is 1. The zero-order chi connectivity index (χ0) is 20.3. The van der Waals surface area contributed by atoms with Crippen LogP contribution >= 0.6 is 0 Å². The summed E-state index contributed by atoms with van der Waals surface area (Å²) in [5.41, 5.74) is 1.20. The number of urea groups is 1. The topological polar surface area (TPSA) is 87.2 Å². The van der Waals surface area contributed by atoms with E-state index < -0.39 is 18.2 Å². The number of aliphatic hydroxyl groups excluding tert-OH is 1. The van der Waals surface area contributed by atoms with Gasteiger partial charge in [0.05, 0.1) is 6.54 Å². The Balaban J connectivity index is 1.60. The average molecular weight is 382 g/mol. The number of ketones is 1. The second kappa shape index (κ2) is 8.22. The molecule has 0 spiro atoms. The monoisotopic (exact) mass is 382 g/mol. The van der Waals surface area contributed by atoms with E-state index in [4.69, 9.17) is 4.74 Å². The molecule has 7 nitrogen and oxygen atoms in total. The molecule has 1 saturated heterocycles. The van der Waals surface area contributed by atoms with Crippen LogP contribution < -0.4 is 9.64 Å². The lowest BCUT2D eigenvalue weighted by Crippen LogP contribution is -2.40. The zero-order valence-corrected chi connectivity index (χ0v) is 15.7. The number of aliphatic hydroxyl groups is 1. The van der Waals surface area contributed by atoms with Crippen molar-refractivity contribution in [2.75, 3.05) is 18.1 Å². The van der Waals surface area contributed by atoms with E-state index in [1.807, 2.05) is 6.07 Å². The van der Waals surface area contributed by atoms with Gasteiger partial charge < -0.3 is 9.84 Å². The van der Waals surface area contributed by atoms with Crippen LogP contribution in [0.3, 0.4) is 0 Å². The van der Waals surface area contributed by atoms with Crippen LogP contribution in [0.4, 0.5) is 10.5 Å². The highest BCUT2D eigenvalue weighted by atomic mass is 16.5. The Morgan fingerprint density at radius 2 is 1.75 bits per heavy atom. The van der Waals surface area contributed by atoms with Crippen LogP contribution in [0.2, 0.25) is 0 Å². The highest BCUT2D eigenvalue weighted by Crippen LogP contribution is 2.25. The zero-order valence-electron chi connectivity index (χ0n) is 15.7. The molecule has 0 aliphatic carbocycles. The first-order chi connectivity index (χ1) is 13.4. The van der Waals surface area contributed by atoms with E-state index in [9.17, 15) is 19.5 Å². The number of amides is 3. The predicted molar refractivity (Wildman–Crippen MR) is 103 cm³/mol. The van der Waals surface area contributed by atoms with E-state index in [1.54, 1.807) is 55.5 Å². The molecule has 2 aromatic carbocycles. The van der Waals surface area contributed by atoms with Crippen molar-refractivity contribution in [3.8, 4) is 5.75 Å². The minimum atomic E-state index is -1.04. The summed E-state index contributed by atoms with van der Waals surface area (Å²) in [5, 5.41) is 10.2. The van der Waals surface area contributed by atoms with Gasteiger partial charge in [0.25, 0.3) is 5.91 Å². The minimum absolute atomic E-state index is 0.0465. The molecular weight excluding hydrogens is 360 g/mol. The summed E-state index contributed by atoms with van der Waals surface area (Å²) in [4.78, 5) is 38.9. The lowest BCUT2D eigenvalue weighted by Gasteiger charge is -2.20. The van der Waals surface area contributed by atoms with Crippen LogP contribution in [0.1, 0.15) is 24.2 Å². The van der Waals surface area contributed by atoms with Crippen molar-refractivity contribution in [1.29, 1.82) is 0 Å². The van der Waals surface area contributed by atoms with Crippen molar-refractivity contribution in [2.24, 2.45) is 0 Å². The molecule has 1 heterocycles. The molecule has 1 N–H and O–H groups in total. The standard InChI is InChI=1S/C21H22N2O5/c1-14-20(26)22(21(27)23(14)17-6-4-3-5-7-17)12-18(25)13-28-19-10-8-16(9-11-19)15(2)24/h3-11,14,18,25H,12-13H2,1-2H3. The number of ether oxygens (including phenoxy) is 1. The van der Waals surface area contributed by atoms with Crippen LogP contribution in [-0.2, 0) is 4.79 Å². The molecule has 7 heteroatoms. The van der Waals surface area contributed by atoms with Crippen molar-refractivity contribution < 1.29 is 24.2 Å². The second-order valence-electron chi connectivity index (χ2n) is 6.66. The molecule has 3 rings (SSSR count). The fraction of sp³-hybridized carbons (Fsp3) is 0.286. The Bertz CT molecular complexity index is 866. The van der Waals surface area contributed by atoms with Gasteiger partial charge in [-0.1, -0.05) is 18.2 Å². The number of nitrogens with zero attached hydrogens (tertiary/aromatic N) is 2. The van der Waals surface area contributed by atoms with Gasteiger partial charge in [-0.25, -0.2) is 4.79 Å². The number of imide groups is 1. The molecule has 0 aromatic heterocycles. The number of benzene rings is 2. The van der Waals surface area contributed by atoms with E-state index >= 15 is 0 Å². The van der Waals surface area contributed by atoms with Gasteiger partial charge in [-0.2, -0.15) is 0 Å². The number of Topliss-reactive ketones (excluding diaryl/α,β-unsaturated/α-hetero) is 1. The molecule has 0 radical (unpaired) electrons. The fourth-order valence-electron chi connectivity index (χ4n) is 3.06. The number of carbonyl (C=O) groups excluding carboxylic acids is 3. The third kappa shape index (κ3) is 4.04. The van der Waals surface area contributed by atoms with Crippen LogP contribution in [0.5, 0.6) is 5.75 Å². The Hall–Kier alpha value is -3.19. The maximum Gasteiger partial charge on any atom is 0.332 e. The molecule has 1 aliphatic heterocycles. The van der Waals surface area contributed by atoms with Crippen molar-refractivity contribution >= 4 is 23.4 Å². The molecule has 0 bridgehead atoms. The number of anilines is 1. The Morgan fingerprint density at radius 1 is 1.11 bits per heavy atom. The molecule has 28 heavy (non-hydrogen) atoms. The number of hydrogen-bond acceptors (Lipinski definition) is 5. The van der Waals surface area contributed by atoms with Gasteiger partial charge in [0, 0.05) is 11.3 Å². The first kappa shape index (κ1) is 19.6. The van der Waals surface area contributed by atoms with Crippen LogP contribution in [-0.4, -0.2) is 53.0 Å². The van der Waals surface area contributed by atoms with Crippen LogP contribution in [0, 0.1) is 0 Å². The van der Waals surface area contributed by atoms with Crippen molar-refractivity contribution in [2.45, 2.75) is 26.0 Å². The summed E-state index contributed by atoms with van der Waals surface area (Å²) in [6.07, 6.45) is -1.04. The summed E-state index contributed by atoms with van der Waals surface area (Å²) in [5.74, 6) is 0.0795. The molecule has 3 amide bonds. The summed E-state index contributed by atoms with van der Waals surface area (Å²) in [7, 11) is 0. The van der Waals surface area contributed by atoms with E-state index in [-0.39, 0.29) is 24.8 Å². The Labute approximate surface area is 163 Å². The smallest absolute Gasteiger partial charge is 0.332 e. The average Bonchev–Trinajstić information content (AvgIpc) is 2.90. The Kier molecular flexibility index (Phi) is 5.75. The molecule has 146 valence electrons. The maximum atomic E-state index is 12.7. The van der Waals surface area contributed by atoms with Crippen LogP contribution in [0.25, 0.3) is 0 Å². The summed E-state index contributed by atoms with van der Waals surface area (Å²) >= 11 is 0.